The summed E-state index contributed by atoms with van der Waals surface area (Å²) in [4.78, 5) is 51.0. The van der Waals surface area contributed by atoms with Gasteiger partial charge in [0.05, 0.1) is 49.2 Å². The van der Waals surface area contributed by atoms with E-state index < -0.39 is 24.4 Å². The average Bonchev–Trinajstić information content (AvgIpc) is 3.48. The number of esters is 1. The fourth-order valence-electron chi connectivity index (χ4n) is 3.61. The standard InChI is InChI=1S/C25H22N2O7/c1-32-22-7-3-2-6-19(22)21(28)15-34-25(31)16-8-10-17(11-9-16)27-23(29)13-20(24(27)30)26-14-18-5-4-12-33-18/h2-12,20,26H,13-15H2,1H3. The Morgan fingerprint density at radius 2 is 1.82 bits per heavy atom. The van der Waals surface area contributed by atoms with E-state index in [-0.39, 0.29) is 23.8 Å². The molecule has 1 aliphatic heterocycles. The number of rotatable bonds is 9. The van der Waals surface area contributed by atoms with Crippen molar-refractivity contribution < 1.29 is 33.1 Å². The van der Waals surface area contributed by atoms with Gasteiger partial charge in [0.15, 0.2) is 6.61 Å². The molecular weight excluding hydrogens is 440 g/mol. The number of amides is 2. The smallest absolute Gasteiger partial charge is 0.338 e. The van der Waals surface area contributed by atoms with Crippen LogP contribution in [0.15, 0.2) is 71.3 Å². The van der Waals surface area contributed by atoms with Crippen LogP contribution in [0.25, 0.3) is 0 Å². The SMILES string of the molecule is COc1ccccc1C(=O)COC(=O)c1ccc(N2C(=O)CC(NCc3ccco3)C2=O)cc1. The average molecular weight is 462 g/mol. The number of carbonyl (C=O) groups is 4. The van der Waals surface area contributed by atoms with Gasteiger partial charge in [0, 0.05) is 0 Å². The maximum absolute atomic E-state index is 12.7. The number of nitrogens with one attached hydrogen (secondary N) is 1. The van der Waals surface area contributed by atoms with Crippen LogP contribution in [0.1, 0.15) is 32.9 Å². The van der Waals surface area contributed by atoms with Crippen LogP contribution in [-0.2, 0) is 20.9 Å². The molecule has 1 saturated heterocycles. The molecule has 1 aromatic heterocycles. The normalized spacial score (nSPS) is 15.4. The highest BCUT2D eigenvalue weighted by molar-refractivity contribution is 6.22. The van der Waals surface area contributed by atoms with Gasteiger partial charge in [-0.25, -0.2) is 9.69 Å². The first kappa shape index (κ1) is 22.9. The number of furan rings is 1. The van der Waals surface area contributed by atoms with Crippen LogP contribution in [0.4, 0.5) is 5.69 Å². The van der Waals surface area contributed by atoms with E-state index in [1.165, 1.54) is 37.6 Å². The summed E-state index contributed by atoms with van der Waals surface area (Å²) in [6.45, 7) is -0.129. The predicted octanol–water partition coefficient (Wildman–Crippen LogP) is 2.75. The van der Waals surface area contributed by atoms with Crippen molar-refractivity contribution in [2.45, 2.75) is 19.0 Å². The van der Waals surface area contributed by atoms with E-state index in [9.17, 15) is 19.2 Å². The molecule has 2 amide bonds. The molecule has 3 aromatic rings. The lowest BCUT2D eigenvalue weighted by Crippen LogP contribution is -2.38. The summed E-state index contributed by atoms with van der Waals surface area (Å²) in [5.41, 5.74) is 0.844. The summed E-state index contributed by atoms with van der Waals surface area (Å²) in [6.07, 6.45) is 1.56. The third kappa shape index (κ3) is 4.89. The Hall–Kier alpha value is -4.24. The van der Waals surface area contributed by atoms with Gasteiger partial charge in [-0.1, -0.05) is 12.1 Å². The maximum atomic E-state index is 12.7. The third-order valence-electron chi connectivity index (χ3n) is 5.35. The number of hydrogen-bond donors (Lipinski definition) is 1. The predicted molar refractivity (Wildman–Crippen MR) is 120 cm³/mol. The number of nitrogens with zero attached hydrogens (tertiary/aromatic N) is 1. The van der Waals surface area contributed by atoms with Gasteiger partial charge >= 0.3 is 5.97 Å². The molecule has 1 N–H and O–H groups in total. The molecule has 9 heteroatoms. The maximum Gasteiger partial charge on any atom is 0.338 e. The molecule has 9 nitrogen and oxygen atoms in total. The minimum absolute atomic E-state index is 0.0222. The van der Waals surface area contributed by atoms with E-state index in [0.717, 1.165) is 4.90 Å². The lowest BCUT2D eigenvalue weighted by atomic mass is 10.1. The number of para-hydroxylation sites is 1. The summed E-state index contributed by atoms with van der Waals surface area (Å²) in [5.74, 6) is -0.778. The zero-order valence-corrected chi connectivity index (χ0v) is 18.4. The molecule has 2 heterocycles. The lowest BCUT2D eigenvalue weighted by molar-refractivity contribution is -0.121. The number of hydrogen-bond acceptors (Lipinski definition) is 8. The van der Waals surface area contributed by atoms with Crippen molar-refractivity contribution in [3.8, 4) is 5.75 Å². The van der Waals surface area contributed by atoms with Gasteiger partial charge in [-0.15, -0.1) is 0 Å². The van der Waals surface area contributed by atoms with Crippen molar-refractivity contribution in [3.63, 3.8) is 0 Å². The first-order valence-corrected chi connectivity index (χ1v) is 10.5. The number of anilines is 1. The van der Waals surface area contributed by atoms with Crippen LogP contribution in [0.5, 0.6) is 5.75 Å². The first-order chi connectivity index (χ1) is 16.5. The Balaban J connectivity index is 1.35. The van der Waals surface area contributed by atoms with Gasteiger partial charge in [0.2, 0.25) is 11.7 Å². The summed E-state index contributed by atoms with van der Waals surface area (Å²) in [5, 5.41) is 3.02. The number of Topliss-reactive ketones (excluding diaryl/α,β-unsaturated/α-hetero) is 1. The molecular formula is C25H22N2O7. The Morgan fingerprint density at radius 3 is 2.53 bits per heavy atom. The van der Waals surface area contributed by atoms with Gasteiger partial charge in [-0.3, -0.25) is 19.7 Å². The fraction of sp³-hybridized carbons (Fsp3) is 0.200. The Bertz CT molecular complexity index is 1200. The van der Waals surface area contributed by atoms with Crippen molar-refractivity contribution in [1.82, 2.24) is 5.32 Å². The van der Waals surface area contributed by atoms with Crippen LogP contribution >= 0.6 is 0 Å². The molecule has 1 fully saturated rings. The fourth-order valence-corrected chi connectivity index (χ4v) is 3.61. The van der Waals surface area contributed by atoms with E-state index in [2.05, 4.69) is 5.32 Å². The Labute approximate surface area is 195 Å². The van der Waals surface area contributed by atoms with Crippen LogP contribution in [0.3, 0.4) is 0 Å². The van der Waals surface area contributed by atoms with E-state index in [4.69, 9.17) is 13.9 Å². The Morgan fingerprint density at radius 1 is 1.06 bits per heavy atom. The second kappa shape index (κ2) is 10.1. The van der Waals surface area contributed by atoms with Crippen LogP contribution < -0.4 is 15.0 Å². The van der Waals surface area contributed by atoms with Gasteiger partial charge in [-0.05, 0) is 48.5 Å². The number of ketones is 1. The van der Waals surface area contributed by atoms with E-state index >= 15 is 0 Å². The van der Waals surface area contributed by atoms with Crippen LogP contribution in [0, 0.1) is 0 Å². The molecule has 2 aromatic carbocycles. The minimum atomic E-state index is -0.702. The quantitative estimate of drug-likeness (QED) is 0.293. The topological polar surface area (TPSA) is 115 Å². The second-order valence-electron chi connectivity index (χ2n) is 7.53. The molecule has 0 saturated carbocycles. The van der Waals surface area contributed by atoms with E-state index in [0.29, 0.717) is 29.3 Å². The number of imide groups is 1. The molecule has 0 aliphatic carbocycles. The lowest BCUT2D eigenvalue weighted by Gasteiger charge is -2.15. The number of benzene rings is 2. The number of methoxy groups -OCH3 is 1. The number of carbonyl (C=O) groups excluding carboxylic acids is 4. The van der Waals surface area contributed by atoms with Crippen molar-refractivity contribution in [3.05, 3.63) is 83.8 Å². The molecule has 174 valence electrons. The van der Waals surface area contributed by atoms with Crippen LogP contribution in [0.2, 0.25) is 0 Å². The van der Waals surface area contributed by atoms with Crippen molar-refractivity contribution >= 4 is 29.3 Å². The molecule has 1 atom stereocenters. The molecule has 1 aliphatic rings. The van der Waals surface area contributed by atoms with E-state index in [1.807, 2.05) is 0 Å². The van der Waals surface area contributed by atoms with Crippen molar-refractivity contribution in [2.24, 2.45) is 0 Å². The first-order valence-electron chi connectivity index (χ1n) is 10.5. The minimum Gasteiger partial charge on any atom is -0.496 e. The van der Waals surface area contributed by atoms with Gasteiger partial charge in [0.1, 0.15) is 11.5 Å². The molecule has 1 unspecified atom stereocenters. The summed E-state index contributed by atoms with van der Waals surface area (Å²) in [7, 11) is 1.45. The monoisotopic (exact) mass is 462 g/mol. The van der Waals surface area contributed by atoms with E-state index in [1.54, 1.807) is 36.4 Å². The van der Waals surface area contributed by atoms with Crippen molar-refractivity contribution in [2.75, 3.05) is 18.6 Å². The summed E-state index contributed by atoms with van der Waals surface area (Å²) >= 11 is 0. The largest absolute Gasteiger partial charge is 0.496 e. The molecule has 0 spiro atoms. The molecule has 34 heavy (non-hydrogen) atoms. The Kier molecular flexibility index (Phi) is 6.84. The molecule has 4 rings (SSSR count). The van der Waals surface area contributed by atoms with Crippen molar-refractivity contribution in [1.29, 1.82) is 0 Å². The number of ether oxygens (including phenoxy) is 2. The van der Waals surface area contributed by atoms with Crippen LogP contribution in [-0.4, -0.2) is 43.3 Å². The zero-order chi connectivity index (χ0) is 24.1. The second-order valence-corrected chi connectivity index (χ2v) is 7.53. The van der Waals surface area contributed by atoms with Gasteiger partial charge in [-0.2, -0.15) is 0 Å². The summed E-state index contributed by atoms with van der Waals surface area (Å²) in [6, 6.07) is 15.4. The zero-order valence-electron chi connectivity index (χ0n) is 18.4. The molecule has 0 radical (unpaired) electrons. The summed E-state index contributed by atoms with van der Waals surface area (Å²) < 4.78 is 15.5. The third-order valence-corrected chi connectivity index (χ3v) is 5.35. The van der Waals surface area contributed by atoms with Gasteiger partial charge in [0.25, 0.3) is 5.91 Å². The highest BCUT2D eigenvalue weighted by Gasteiger charge is 2.39. The molecule has 0 bridgehead atoms. The highest BCUT2D eigenvalue weighted by Crippen LogP contribution is 2.24. The van der Waals surface area contributed by atoms with Gasteiger partial charge < -0.3 is 13.9 Å². The highest BCUT2D eigenvalue weighted by atomic mass is 16.5.